The monoisotopic (exact) mass is 406 g/mol. The minimum atomic E-state index is 0.0110. The molecule has 1 N–H and O–H groups in total. The molecule has 1 atom stereocenters. The maximum absolute atomic E-state index is 12.7. The van der Waals surface area contributed by atoms with Crippen LogP contribution in [0.15, 0.2) is 48.8 Å². The molecule has 1 unspecified atom stereocenters. The van der Waals surface area contributed by atoms with E-state index in [1.807, 2.05) is 47.1 Å². The number of amides is 1. The molecule has 6 heteroatoms. The van der Waals surface area contributed by atoms with Crippen LogP contribution in [0.25, 0.3) is 5.65 Å². The van der Waals surface area contributed by atoms with Gasteiger partial charge in [0.2, 0.25) is 5.91 Å². The van der Waals surface area contributed by atoms with Crippen molar-refractivity contribution in [1.82, 2.24) is 19.6 Å². The van der Waals surface area contributed by atoms with Crippen molar-refractivity contribution >= 4 is 11.6 Å². The van der Waals surface area contributed by atoms with E-state index in [1.165, 1.54) is 5.56 Å². The summed E-state index contributed by atoms with van der Waals surface area (Å²) in [5.74, 6) is 0.957. The van der Waals surface area contributed by atoms with Crippen LogP contribution in [0.4, 0.5) is 0 Å². The van der Waals surface area contributed by atoms with Crippen molar-refractivity contribution in [2.75, 3.05) is 13.1 Å². The van der Waals surface area contributed by atoms with Crippen LogP contribution < -0.4 is 10.1 Å². The molecule has 2 aromatic heterocycles. The van der Waals surface area contributed by atoms with Crippen LogP contribution in [0.3, 0.4) is 0 Å². The number of aryl methyl sites for hydroxylation is 1. The number of rotatable bonds is 7. The van der Waals surface area contributed by atoms with E-state index in [1.54, 1.807) is 0 Å². The Labute approximate surface area is 177 Å². The number of carbonyl (C=O) groups is 1. The number of pyridine rings is 1. The van der Waals surface area contributed by atoms with Crippen molar-refractivity contribution in [3.05, 3.63) is 65.6 Å². The maximum Gasteiger partial charge on any atom is 0.234 e. The van der Waals surface area contributed by atoms with E-state index in [4.69, 9.17) is 4.74 Å². The van der Waals surface area contributed by atoms with Crippen LogP contribution in [-0.4, -0.2) is 39.4 Å². The lowest BCUT2D eigenvalue weighted by atomic mass is 10.1. The summed E-state index contributed by atoms with van der Waals surface area (Å²) in [6, 6.07) is 12.2. The fourth-order valence-electron chi connectivity index (χ4n) is 3.95. The Morgan fingerprint density at radius 1 is 1.23 bits per heavy atom. The Hall–Kier alpha value is -2.86. The molecule has 0 saturated heterocycles. The fourth-order valence-corrected chi connectivity index (χ4v) is 3.95. The number of hydrogen-bond donors (Lipinski definition) is 1. The average molecular weight is 407 g/mol. The molecule has 6 nitrogen and oxygen atoms in total. The first-order valence-corrected chi connectivity index (χ1v) is 10.8. The third kappa shape index (κ3) is 5.00. The second-order valence-corrected chi connectivity index (χ2v) is 8.14. The van der Waals surface area contributed by atoms with E-state index >= 15 is 0 Å². The van der Waals surface area contributed by atoms with E-state index < -0.39 is 0 Å². The first kappa shape index (κ1) is 20.4. The zero-order valence-corrected chi connectivity index (χ0v) is 17.8. The zero-order valence-electron chi connectivity index (χ0n) is 17.8. The Bertz CT molecular complexity index is 1010. The molecule has 0 bridgehead atoms. The molecule has 0 fully saturated rings. The second-order valence-electron chi connectivity index (χ2n) is 8.14. The molecule has 0 radical (unpaired) electrons. The predicted octanol–water partition coefficient (Wildman–Crippen LogP) is 3.71. The lowest BCUT2D eigenvalue weighted by Crippen LogP contribution is -2.40. The summed E-state index contributed by atoms with van der Waals surface area (Å²) in [7, 11) is 0. The lowest BCUT2D eigenvalue weighted by molar-refractivity contribution is -0.122. The molecule has 3 heterocycles. The number of aromatic nitrogens is 2. The van der Waals surface area contributed by atoms with E-state index in [0.29, 0.717) is 13.1 Å². The molecular formula is C24H30N4O2. The summed E-state index contributed by atoms with van der Waals surface area (Å²) < 4.78 is 8.26. The van der Waals surface area contributed by atoms with Gasteiger partial charge in [-0.25, -0.2) is 4.98 Å². The topological polar surface area (TPSA) is 58.9 Å². The van der Waals surface area contributed by atoms with Gasteiger partial charge in [0.1, 0.15) is 17.5 Å². The number of unbranched alkanes of at least 4 members (excludes halogenated alkanes) is 1. The van der Waals surface area contributed by atoms with Crippen molar-refractivity contribution in [2.24, 2.45) is 0 Å². The number of benzene rings is 1. The van der Waals surface area contributed by atoms with Gasteiger partial charge in [0, 0.05) is 31.0 Å². The van der Waals surface area contributed by atoms with Gasteiger partial charge in [-0.3, -0.25) is 9.69 Å². The zero-order chi connectivity index (χ0) is 20.9. The molecule has 1 amide bonds. The van der Waals surface area contributed by atoms with Gasteiger partial charge in [-0.15, -0.1) is 0 Å². The Morgan fingerprint density at radius 3 is 2.97 bits per heavy atom. The summed E-state index contributed by atoms with van der Waals surface area (Å²) in [6.45, 7) is 6.51. The molecular weight excluding hydrogens is 376 g/mol. The normalized spacial score (nSPS) is 16.7. The number of nitrogens with zero attached hydrogens (tertiary/aromatic N) is 3. The molecule has 1 aliphatic rings. The van der Waals surface area contributed by atoms with Crippen molar-refractivity contribution in [1.29, 1.82) is 0 Å². The van der Waals surface area contributed by atoms with Gasteiger partial charge in [-0.05, 0) is 37.5 Å². The number of hydrogen-bond acceptors (Lipinski definition) is 4. The van der Waals surface area contributed by atoms with Crippen LogP contribution in [0.1, 0.15) is 43.0 Å². The van der Waals surface area contributed by atoms with E-state index in [0.717, 1.165) is 55.0 Å². The maximum atomic E-state index is 12.7. The highest BCUT2D eigenvalue weighted by Crippen LogP contribution is 2.26. The van der Waals surface area contributed by atoms with Crippen LogP contribution in [0.5, 0.6) is 5.75 Å². The molecule has 30 heavy (non-hydrogen) atoms. The second kappa shape index (κ2) is 9.30. The van der Waals surface area contributed by atoms with Crippen molar-refractivity contribution in [3.63, 3.8) is 0 Å². The number of imidazole rings is 1. The molecule has 0 saturated carbocycles. The molecule has 0 spiro atoms. The summed E-state index contributed by atoms with van der Waals surface area (Å²) in [4.78, 5) is 19.4. The van der Waals surface area contributed by atoms with Crippen LogP contribution >= 0.6 is 0 Å². The van der Waals surface area contributed by atoms with Gasteiger partial charge < -0.3 is 14.5 Å². The minimum Gasteiger partial charge on any atom is -0.489 e. The highest BCUT2D eigenvalue weighted by atomic mass is 16.5. The molecule has 3 aromatic rings. The number of carbonyl (C=O) groups excluding carboxylic acids is 1. The average Bonchev–Trinajstić information content (AvgIpc) is 3.04. The van der Waals surface area contributed by atoms with E-state index in [9.17, 15) is 4.79 Å². The number of fused-ring (bicyclic) bond motifs is 2. The fraction of sp³-hybridized carbons (Fsp3) is 0.417. The van der Waals surface area contributed by atoms with Crippen molar-refractivity contribution in [2.45, 2.75) is 52.3 Å². The molecule has 0 aliphatic carbocycles. The van der Waals surface area contributed by atoms with Crippen molar-refractivity contribution < 1.29 is 9.53 Å². The van der Waals surface area contributed by atoms with Gasteiger partial charge >= 0.3 is 0 Å². The van der Waals surface area contributed by atoms with Crippen LogP contribution in [0, 0.1) is 6.92 Å². The minimum absolute atomic E-state index is 0.0110. The summed E-state index contributed by atoms with van der Waals surface area (Å²) in [5, 5.41) is 3.03. The lowest BCUT2D eigenvalue weighted by Gasteiger charge is -2.23. The standard InChI is InChI=1S/C24H30N4O2/c1-3-4-8-21-16-27(14-19-7-5-6-9-22(19)30-21)17-24(29)25-12-20-15-28-13-18(2)10-11-23(28)26-20/h5-7,9-11,13,15,21H,3-4,8,12,14,16-17H2,1-2H3,(H,25,29). The van der Waals surface area contributed by atoms with E-state index in [-0.39, 0.29) is 12.0 Å². The largest absolute Gasteiger partial charge is 0.489 e. The molecule has 4 rings (SSSR count). The number of nitrogens with one attached hydrogen (secondary N) is 1. The molecule has 1 aliphatic heterocycles. The Morgan fingerprint density at radius 2 is 2.10 bits per heavy atom. The first-order valence-electron chi connectivity index (χ1n) is 10.8. The van der Waals surface area contributed by atoms with Crippen molar-refractivity contribution in [3.8, 4) is 5.75 Å². The van der Waals surface area contributed by atoms with Gasteiger partial charge in [-0.2, -0.15) is 0 Å². The number of para-hydroxylation sites is 1. The van der Waals surface area contributed by atoms with Crippen LogP contribution in [0.2, 0.25) is 0 Å². The van der Waals surface area contributed by atoms with Gasteiger partial charge in [0.15, 0.2) is 0 Å². The summed E-state index contributed by atoms with van der Waals surface area (Å²) >= 11 is 0. The summed E-state index contributed by atoms with van der Waals surface area (Å²) in [6.07, 6.45) is 7.39. The third-order valence-corrected chi connectivity index (χ3v) is 5.48. The predicted molar refractivity (Wildman–Crippen MR) is 117 cm³/mol. The molecule has 1 aromatic carbocycles. The van der Waals surface area contributed by atoms with Gasteiger partial charge in [-0.1, -0.05) is 37.6 Å². The van der Waals surface area contributed by atoms with Crippen LogP contribution in [-0.2, 0) is 17.9 Å². The summed E-state index contributed by atoms with van der Waals surface area (Å²) in [5.41, 5.74) is 4.07. The third-order valence-electron chi connectivity index (χ3n) is 5.48. The van der Waals surface area contributed by atoms with Gasteiger partial charge in [0.05, 0.1) is 18.8 Å². The molecule has 158 valence electrons. The Balaban J connectivity index is 1.38. The SMILES string of the molecule is CCCCC1CN(CC(=O)NCc2cn3cc(C)ccc3n2)Cc2ccccc2O1. The van der Waals surface area contributed by atoms with E-state index in [2.05, 4.69) is 35.1 Å². The number of ether oxygens (including phenoxy) is 1. The highest BCUT2D eigenvalue weighted by Gasteiger charge is 2.24. The smallest absolute Gasteiger partial charge is 0.234 e. The highest BCUT2D eigenvalue weighted by molar-refractivity contribution is 5.78. The first-order chi connectivity index (χ1) is 14.6. The Kier molecular flexibility index (Phi) is 6.33. The quantitative estimate of drug-likeness (QED) is 0.650. The van der Waals surface area contributed by atoms with Gasteiger partial charge in [0.25, 0.3) is 0 Å².